The number of nitrogens with zero attached hydrogens (tertiary/aromatic N) is 1. The van der Waals surface area contributed by atoms with E-state index in [1.165, 1.54) is 12.0 Å². The molecule has 0 unspecified atom stereocenters. The molecule has 1 fully saturated rings. The monoisotopic (exact) mass is 393 g/mol. The van der Waals surface area contributed by atoms with Gasteiger partial charge in [0.1, 0.15) is 17.9 Å². The Morgan fingerprint density at radius 2 is 1.75 bits per heavy atom. The Hall–Kier alpha value is -2.12. The molecule has 0 aliphatic carbocycles. The fourth-order valence-electron chi connectivity index (χ4n) is 3.33. The van der Waals surface area contributed by atoms with E-state index in [4.69, 9.17) is 14.2 Å². The molecule has 1 heterocycles. The quantitative estimate of drug-likeness (QED) is 0.794. The average molecular weight is 393 g/mol. The number of esters is 1. The average Bonchev–Trinajstić information content (AvgIpc) is 3.01. The van der Waals surface area contributed by atoms with E-state index in [1.807, 2.05) is 20.8 Å². The number of benzene rings is 1. The molecule has 0 saturated carbocycles. The molecule has 0 aromatic heterocycles. The second kappa shape index (κ2) is 7.72. The van der Waals surface area contributed by atoms with Gasteiger partial charge in [-0.05, 0) is 26.3 Å². The predicted octanol–water partition coefficient (Wildman–Crippen LogP) is 3.27. The third kappa shape index (κ3) is 4.15. The molecular formula is C21H31NO6. The highest BCUT2D eigenvalue weighted by atomic mass is 16.6. The van der Waals surface area contributed by atoms with Gasteiger partial charge in [0.05, 0.1) is 13.7 Å². The van der Waals surface area contributed by atoms with Gasteiger partial charge in [-0.25, -0.2) is 9.59 Å². The molecule has 1 aromatic rings. The first-order valence-corrected chi connectivity index (χ1v) is 9.30. The number of rotatable bonds is 3. The van der Waals surface area contributed by atoms with Crippen molar-refractivity contribution in [3.63, 3.8) is 0 Å². The van der Waals surface area contributed by atoms with Gasteiger partial charge in [0.15, 0.2) is 5.54 Å². The number of carbonyl (C=O) groups is 2. The van der Waals surface area contributed by atoms with Crippen molar-refractivity contribution in [2.75, 3.05) is 13.7 Å². The molecule has 7 heteroatoms. The van der Waals surface area contributed by atoms with Crippen LogP contribution in [0.15, 0.2) is 30.3 Å². The van der Waals surface area contributed by atoms with Crippen LogP contribution in [0.2, 0.25) is 0 Å². The Morgan fingerprint density at radius 1 is 1.18 bits per heavy atom. The molecule has 2 rings (SSSR count). The number of carbonyl (C=O) groups excluding carboxylic acids is 2. The Kier molecular flexibility index (Phi) is 6.11. The third-order valence-corrected chi connectivity index (χ3v) is 4.56. The summed E-state index contributed by atoms with van der Waals surface area (Å²) >= 11 is 0. The number of aliphatic hydroxyl groups is 1. The molecule has 0 bridgehead atoms. The summed E-state index contributed by atoms with van der Waals surface area (Å²) in [6.45, 7) is 10.7. The summed E-state index contributed by atoms with van der Waals surface area (Å²) in [6, 6.07) is 8.67. The molecule has 1 amide bonds. The van der Waals surface area contributed by atoms with E-state index in [0.29, 0.717) is 5.56 Å². The fourth-order valence-corrected chi connectivity index (χ4v) is 3.33. The van der Waals surface area contributed by atoms with Gasteiger partial charge < -0.3 is 19.3 Å². The lowest BCUT2D eigenvalue weighted by Gasteiger charge is -2.42. The molecule has 7 nitrogen and oxygen atoms in total. The summed E-state index contributed by atoms with van der Waals surface area (Å²) in [6.07, 6.45) is -2.90. The fraction of sp³-hybridized carbons (Fsp3) is 0.619. The zero-order valence-corrected chi connectivity index (χ0v) is 17.7. The Balaban J connectivity index is 2.63. The van der Waals surface area contributed by atoms with Crippen LogP contribution in [0.3, 0.4) is 0 Å². The van der Waals surface area contributed by atoms with Crippen molar-refractivity contribution in [3.8, 4) is 0 Å². The minimum absolute atomic E-state index is 0.211. The SMILES string of the molecule is COC(=O)[C@]1([C@H](O)c2ccccc2)CO[C@H](C(C)(C)C)N1C(=O)OC(C)(C)C. The van der Waals surface area contributed by atoms with E-state index >= 15 is 0 Å². The number of amides is 1. The smallest absolute Gasteiger partial charge is 0.413 e. The maximum atomic E-state index is 13.2. The molecular weight excluding hydrogens is 362 g/mol. The van der Waals surface area contributed by atoms with Crippen LogP contribution in [0, 0.1) is 5.41 Å². The van der Waals surface area contributed by atoms with Crippen molar-refractivity contribution in [3.05, 3.63) is 35.9 Å². The van der Waals surface area contributed by atoms with Gasteiger partial charge in [0, 0.05) is 5.41 Å². The molecule has 1 saturated heterocycles. The van der Waals surface area contributed by atoms with Crippen LogP contribution >= 0.6 is 0 Å². The molecule has 1 aliphatic rings. The predicted molar refractivity (Wildman–Crippen MR) is 103 cm³/mol. The van der Waals surface area contributed by atoms with E-state index in [9.17, 15) is 14.7 Å². The van der Waals surface area contributed by atoms with Gasteiger partial charge in [-0.15, -0.1) is 0 Å². The Bertz CT molecular complexity index is 706. The van der Waals surface area contributed by atoms with Crippen LogP contribution in [-0.4, -0.2) is 53.2 Å². The van der Waals surface area contributed by atoms with Gasteiger partial charge in [0.2, 0.25) is 0 Å². The lowest BCUT2D eigenvalue weighted by Crippen LogP contribution is -2.63. The molecule has 0 radical (unpaired) electrons. The summed E-state index contributed by atoms with van der Waals surface area (Å²) in [7, 11) is 1.22. The number of hydrogen-bond acceptors (Lipinski definition) is 6. The van der Waals surface area contributed by atoms with Crippen molar-refractivity contribution < 1.29 is 28.9 Å². The van der Waals surface area contributed by atoms with Gasteiger partial charge in [0.25, 0.3) is 0 Å². The number of methoxy groups -OCH3 is 1. The summed E-state index contributed by atoms with van der Waals surface area (Å²) < 4.78 is 16.5. The van der Waals surface area contributed by atoms with Crippen molar-refractivity contribution in [2.45, 2.75) is 65.0 Å². The first kappa shape index (κ1) is 22.2. The van der Waals surface area contributed by atoms with Crippen LogP contribution in [-0.2, 0) is 19.0 Å². The highest BCUT2D eigenvalue weighted by Gasteiger charge is 2.63. The molecule has 28 heavy (non-hydrogen) atoms. The van der Waals surface area contributed by atoms with Gasteiger partial charge in [-0.3, -0.25) is 4.90 Å². The summed E-state index contributed by atoms with van der Waals surface area (Å²) in [5.41, 5.74) is -2.62. The molecule has 156 valence electrons. The van der Waals surface area contributed by atoms with E-state index < -0.39 is 40.9 Å². The van der Waals surface area contributed by atoms with Crippen LogP contribution in [0.1, 0.15) is 53.2 Å². The van der Waals surface area contributed by atoms with Gasteiger partial charge in [-0.2, -0.15) is 0 Å². The van der Waals surface area contributed by atoms with Gasteiger partial charge in [-0.1, -0.05) is 51.1 Å². The lowest BCUT2D eigenvalue weighted by molar-refractivity contribution is -0.162. The molecule has 3 atom stereocenters. The van der Waals surface area contributed by atoms with Crippen LogP contribution in [0.4, 0.5) is 4.79 Å². The van der Waals surface area contributed by atoms with E-state index in [1.54, 1.807) is 51.1 Å². The van der Waals surface area contributed by atoms with Crippen LogP contribution < -0.4 is 0 Å². The zero-order chi connectivity index (χ0) is 21.3. The van der Waals surface area contributed by atoms with Crippen LogP contribution in [0.25, 0.3) is 0 Å². The molecule has 1 N–H and O–H groups in total. The normalized spacial score (nSPS) is 24.0. The van der Waals surface area contributed by atoms with E-state index in [0.717, 1.165) is 0 Å². The second-order valence-electron chi connectivity index (χ2n) is 9.11. The lowest BCUT2D eigenvalue weighted by atomic mass is 9.85. The first-order chi connectivity index (χ1) is 12.8. The summed E-state index contributed by atoms with van der Waals surface area (Å²) in [5.74, 6) is -0.763. The Morgan fingerprint density at radius 3 is 2.21 bits per heavy atom. The van der Waals surface area contributed by atoms with Crippen molar-refractivity contribution >= 4 is 12.1 Å². The summed E-state index contributed by atoms with van der Waals surface area (Å²) in [4.78, 5) is 27.4. The van der Waals surface area contributed by atoms with Crippen molar-refractivity contribution in [2.24, 2.45) is 5.41 Å². The van der Waals surface area contributed by atoms with E-state index in [2.05, 4.69) is 0 Å². The molecule has 1 aliphatic heterocycles. The van der Waals surface area contributed by atoms with Crippen molar-refractivity contribution in [1.82, 2.24) is 4.90 Å². The van der Waals surface area contributed by atoms with Crippen molar-refractivity contribution in [1.29, 1.82) is 0 Å². The van der Waals surface area contributed by atoms with Crippen LogP contribution in [0.5, 0.6) is 0 Å². The summed E-state index contributed by atoms with van der Waals surface area (Å²) in [5, 5.41) is 11.2. The topological polar surface area (TPSA) is 85.3 Å². The minimum Gasteiger partial charge on any atom is -0.467 e. The second-order valence-corrected chi connectivity index (χ2v) is 9.11. The minimum atomic E-state index is -1.77. The third-order valence-electron chi connectivity index (χ3n) is 4.56. The largest absolute Gasteiger partial charge is 0.467 e. The number of hydrogen-bond donors (Lipinski definition) is 1. The molecule has 1 aromatic carbocycles. The van der Waals surface area contributed by atoms with Gasteiger partial charge >= 0.3 is 12.1 Å². The van der Waals surface area contributed by atoms with E-state index in [-0.39, 0.29) is 6.61 Å². The standard InChI is InChI=1S/C21H31NO6/c1-19(2,3)16-22(18(25)28-20(4,5)6)21(13-27-16,17(24)26-7)15(23)14-11-9-8-10-12-14/h8-12,15-16,23H,13H2,1-7H3/t15-,16-,21-/m1/s1. The highest BCUT2D eigenvalue weighted by molar-refractivity contribution is 5.88. The first-order valence-electron chi connectivity index (χ1n) is 9.30. The molecule has 0 spiro atoms. The Labute approximate surface area is 166 Å². The number of aliphatic hydroxyl groups excluding tert-OH is 1. The maximum absolute atomic E-state index is 13.2. The maximum Gasteiger partial charge on any atom is 0.413 e. The zero-order valence-electron chi connectivity index (χ0n) is 17.7. The highest BCUT2D eigenvalue weighted by Crippen LogP contribution is 2.45. The number of ether oxygens (including phenoxy) is 3.